The molecule has 3 N–H and O–H groups in total. The summed E-state index contributed by atoms with van der Waals surface area (Å²) in [5.74, 6) is 1.28. The standard InChI is InChI=1S/C16H19ClN8/c17-13-1-2-14(23-22-13)21-16-15-11(3-8-25(15)20-10-19-16)9-24-6-4-12(18)5-7-24/h1-3,8,10,12H,4-7,9,18H2,(H,19,20,21,23). The quantitative estimate of drug-likeness (QED) is 0.734. The summed E-state index contributed by atoms with van der Waals surface area (Å²) in [5, 5.41) is 15.7. The fourth-order valence-electron chi connectivity index (χ4n) is 3.09. The molecule has 3 aromatic heterocycles. The van der Waals surface area contributed by atoms with Gasteiger partial charge >= 0.3 is 0 Å². The zero-order chi connectivity index (χ0) is 17.2. The number of nitrogens with one attached hydrogen (secondary N) is 1. The van der Waals surface area contributed by atoms with E-state index in [0.29, 0.717) is 22.8 Å². The van der Waals surface area contributed by atoms with Crippen LogP contribution in [0.3, 0.4) is 0 Å². The van der Waals surface area contributed by atoms with Crippen LogP contribution < -0.4 is 11.1 Å². The van der Waals surface area contributed by atoms with Gasteiger partial charge in [0.15, 0.2) is 16.8 Å². The minimum Gasteiger partial charge on any atom is -0.328 e. The number of hydrogen-bond donors (Lipinski definition) is 2. The lowest BCUT2D eigenvalue weighted by atomic mass is 10.1. The number of piperidine rings is 1. The number of fused-ring (bicyclic) bond motifs is 1. The molecule has 130 valence electrons. The molecular weight excluding hydrogens is 340 g/mol. The van der Waals surface area contributed by atoms with Crippen LogP contribution in [0.4, 0.5) is 11.6 Å². The van der Waals surface area contributed by atoms with Crippen LogP contribution in [0.15, 0.2) is 30.7 Å². The highest BCUT2D eigenvalue weighted by Crippen LogP contribution is 2.24. The third kappa shape index (κ3) is 3.55. The Morgan fingerprint density at radius 2 is 2.04 bits per heavy atom. The molecule has 0 saturated carbocycles. The monoisotopic (exact) mass is 358 g/mol. The predicted molar refractivity (Wildman–Crippen MR) is 95.8 cm³/mol. The molecule has 0 atom stereocenters. The molecular formula is C16H19ClN8. The van der Waals surface area contributed by atoms with Crippen molar-refractivity contribution in [3.63, 3.8) is 0 Å². The van der Waals surface area contributed by atoms with E-state index in [1.807, 2.05) is 10.7 Å². The van der Waals surface area contributed by atoms with Gasteiger partial charge in [-0.1, -0.05) is 11.6 Å². The van der Waals surface area contributed by atoms with Gasteiger partial charge in [0.25, 0.3) is 0 Å². The predicted octanol–water partition coefficient (Wildman–Crippen LogP) is 1.84. The Balaban J connectivity index is 1.61. The molecule has 0 spiro atoms. The molecule has 1 fully saturated rings. The van der Waals surface area contributed by atoms with Crippen LogP contribution in [0.1, 0.15) is 18.4 Å². The summed E-state index contributed by atoms with van der Waals surface area (Å²) in [4.78, 5) is 6.79. The maximum atomic E-state index is 6.00. The second-order valence-corrected chi connectivity index (χ2v) is 6.61. The Labute approximate surface area is 150 Å². The van der Waals surface area contributed by atoms with E-state index < -0.39 is 0 Å². The normalized spacial score (nSPS) is 16.4. The van der Waals surface area contributed by atoms with Gasteiger partial charge in [-0.25, -0.2) is 9.50 Å². The Kier molecular flexibility index (Phi) is 4.48. The first kappa shape index (κ1) is 16.2. The summed E-state index contributed by atoms with van der Waals surface area (Å²) < 4.78 is 1.82. The van der Waals surface area contributed by atoms with Crippen molar-refractivity contribution in [2.45, 2.75) is 25.4 Å². The minimum absolute atomic E-state index is 0.325. The van der Waals surface area contributed by atoms with Crippen LogP contribution in [0.5, 0.6) is 0 Å². The average Bonchev–Trinajstić information content (AvgIpc) is 3.03. The molecule has 0 aliphatic carbocycles. The molecule has 4 heterocycles. The highest BCUT2D eigenvalue weighted by atomic mass is 35.5. The van der Waals surface area contributed by atoms with E-state index in [2.05, 4.69) is 36.6 Å². The average molecular weight is 359 g/mol. The summed E-state index contributed by atoms with van der Waals surface area (Å²) in [6.45, 7) is 2.87. The summed E-state index contributed by atoms with van der Waals surface area (Å²) in [5.41, 5.74) is 8.10. The SMILES string of the molecule is NC1CCN(Cc2ccn3ncnc(Nc4ccc(Cl)nn4)c23)CC1. The van der Waals surface area contributed by atoms with E-state index in [1.54, 1.807) is 12.1 Å². The number of nitrogens with zero attached hydrogens (tertiary/aromatic N) is 6. The van der Waals surface area contributed by atoms with Gasteiger partial charge in [-0.05, 0) is 49.7 Å². The van der Waals surface area contributed by atoms with Crippen LogP contribution in [-0.4, -0.2) is 48.8 Å². The van der Waals surface area contributed by atoms with E-state index in [0.717, 1.165) is 38.0 Å². The molecule has 0 radical (unpaired) electrons. The Hall–Kier alpha value is -2.29. The first-order valence-corrected chi connectivity index (χ1v) is 8.62. The van der Waals surface area contributed by atoms with Crippen LogP contribution in [-0.2, 0) is 6.54 Å². The van der Waals surface area contributed by atoms with Crippen LogP contribution in [0.25, 0.3) is 5.52 Å². The van der Waals surface area contributed by atoms with Crippen LogP contribution >= 0.6 is 11.6 Å². The number of anilines is 2. The summed E-state index contributed by atoms with van der Waals surface area (Å²) in [7, 11) is 0. The third-order valence-corrected chi connectivity index (χ3v) is 4.64. The van der Waals surface area contributed by atoms with Gasteiger partial charge in [0.2, 0.25) is 0 Å². The first-order valence-electron chi connectivity index (χ1n) is 8.24. The minimum atomic E-state index is 0.325. The molecule has 1 aliphatic rings. The molecule has 0 aromatic carbocycles. The molecule has 1 saturated heterocycles. The van der Waals surface area contributed by atoms with Crippen molar-refractivity contribution in [2.24, 2.45) is 5.73 Å². The van der Waals surface area contributed by atoms with Gasteiger partial charge in [0, 0.05) is 18.8 Å². The maximum Gasteiger partial charge on any atom is 0.159 e. The van der Waals surface area contributed by atoms with E-state index in [9.17, 15) is 0 Å². The van der Waals surface area contributed by atoms with Gasteiger partial charge in [0.05, 0.1) is 0 Å². The molecule has 9 heteroatoms. The molecule has 3 aromatic rings. The molecule has 4 rings (SSSR count). The van der Waals surface area contributed by atoms with E-state index >= 15 is 0 Å². The Bertz CT molecular complexity index is 854. The molecule has 0 amide bonds. The Morgan fingerprint density at radius 1 is 1.20 bits per heavy atom. The second-order valence-electron chi connectivity index (χ2n) is 6.22. The first-order chi connectivity index (χ1) is 12.2. The van der Waals surface area contributed by atoms with E-state index in [4.69, 9.17) is 17.3 Å². The number of aromatic nitrogens is 5. The topological polar surface area (TPSA) is 97.3 Å². The largest absolute Gasteiger partial charge is 0.328 e. The third-order valence-electron chi connectivity index (χ3n) is 4.44. The van der Waals surface area contributed by atoms with Crippen molar-refractivity contribution >= 4 is 28.8 Å². The smallest absolute Gasteiger partial charge is 0.159 e. The highest BCUT2D eigenvalue weighted by Gasteiger charge is 2.19. The zero-order valence-electron chi connectivity index (χ0n) is 13.6. The lowest BCUT2D eigenvalue weighted by molar-refractivity contribution is 0.206. The van der Waals surface area contributed by atoms with Crippen LogP contribution in [0, 0.1) is 0 Å². The van der Waals surface area contributed by atoms with Crippen molar-refractivity contribution in [1.29, 1.82) is 0 Å². The van der Waals surface area contributed by atoms with Gasteiger partial charge < -0.3 is 11.1 Å². The molecule has 8 nitrogen and oxygen atoms in total. The van der Waals surface area contributed by atoms with Gasteiger partial charge in [-0.2, -0.15) is 5.10 Å². The molecule has 25 heavy (non-hydrogen) atoms. The molecule has 0 unspecified atom stereocenters. The van der Waals surface area contributed by atoms with Crippen molar-refractivity contribution < 1.29 is 0 Å². The van der Waals surface area contributed by atoms with Gasteiger partial charge in [-0.3, -0.25) is 4.90 Å². The van der Waals surface area contributed by atoms with Crippen molar-refractivity contribution in [3.05, 3.63) is 41.4 Å². The van der Waals surface area contributed by atoms with Crippen molar-refractivity contribution in [3.8, 4) is 0 Å². The molecule has 0 bridgehead atoms. The van der Waals surface area contributed by atoms with E-state index in [1.165, 1.54) is 11.9 Å². The summed E-state index contributed by atoms with van der Waals surface area (Å²) in [6.07, 6.45) is 5.53. The van der Waals surface area contributed by atoms with Gasteiger partial charge in [0.1, 0.15) is 11.8 Å². The lowest BCUT2D eigenvalue weighted by Crippen LogP contribution is -2.39. The molecule has 1 aliphatic heterocycles. The fourth-order valence-corrected chi connectivity index (χ4v) is 3.19. The number of hydrogen-bond acceptors (Lipinski definition) is 7. The highest BCUT2D eigenvalue weighted by molar-refractivity contribution is 6.29. The van der Waals surface area contributed by atoms with Crippen LogP contribution in [0.2, 0.25) is 5.15 Å². The summed E-state index contributed by atoms with van der Waals surface area (Å²) in [6, 6.07) is 5.86. The van der Waals surface area contributed by atoms with E-state index in [-0.39, 0.29) is 0 Å². The van der Waals surface area contributed by atoms with Gasteiger partial charge in [-0.15, -0.1) is 10.2 Å². The number of nitrogens with two attached hydrogens (primary N) is 1. The van der Waals surface area contributed by atoms with Crippen molar-refractivity contribution in [1.82, 2.24) is 29.7 Å². The second kappa shape index (κ2) is 6.91. The maximum absolute atomic E-state index is 6.00. The number of rotatable bonds is 4. The number of likely N-dealkylation sites (tertiary alicyclic amines) is 1. The lowest BCUT2D eigenvalue weighted by Gasteiger charge is -2.29. The fraction of sp³-hybridized carbons (Fsp3) is 0.375. The zero-order valence-corrected chi connectivity index (χ0v) is 14.4. The summed E-state index contributed by atoms with van der Waals surface area (Å²) >= 11 is 5.79. The number of halogens is 1. The Morgan fingerprint density at radius 3 is 2.80 bits per heavy atom. The van der Waals surface area contributed by atoms with Crippen molar-refractivity contribution in [2.75, 3.05) is 18.4 Å².